The molecule has 0 aromatic heterocycles. The van der Waals surface area contributed by atoms with Gasteiger partial charge >= 0.3 is 0 Å². The molecule has 1 N–H and O–H groups in total. The van der Waals surface area contributed by atoms with Gasteiger partial charge in [-0.1, -0.05) is 32.6 Å². The van der Waals surface area contributed by atoms with E-state index in [9.17, 15) is 0 Å². The van der Waals surface area contributed by atoms with Crippen LogP contribution in [0, 0.1) is 18.3 Å². The zero-order valence-corrected chi connectivity index (χ0v) is 10.1. The van der Waals surface area contributed by atoms with Gasteiger partial charge in [-0.25, -0.2) is 0 Å². The van der Waals surface area contributed by atoms with Crippen molar-refractivity contribution in [3.05, 3.63) is 0 Å². The summed E-state index contributed by atoms with van der Waals surface area (Å²) in [4.78, 5) is 0. The van der Waals surface area contributed by atoms with E-state index in [1.807, 2.05) is 0 Å². The van der Waals surface area contributed by atoms with Crippen LogP contribution in [0.15, 0.2) is 0 Å². The van der Waals surface area contributed by atoms with E-state index in [1.54, 1.807) is 0 Å². The third-order valence-electron chi connectivity index (χ3n) is 3.46. The quantitative estimate of drug-likeness (QED) is 0.538. The summed E-state index contributed by atoms with van der Waals surface area (Å²) in [5, 5.41) is 3.63. The predicted molar refractivity (Wildman–Crippen MR) is 66.7 cm³/mol. The molecule has 0 bridgehead atoms. The van der Waals surface area contributed by atoms with Gasteiger partial charge in [0.15, 0.2) is 0 Å². The summed E-state index contributed by atoms with van der Waals surface area (Å²) >= 11 is 0. The van der Waals surface area contributed by atoms with E-state index in [1.165, 1.54) is 44.9 Å². The molecule has 1 aliphatic rings. The Morgan fingerprint density at radius 2 is 1.93 bits per heavy atom. The molecule has 0 heterocycles. The molecular formula is C14H25N. The first-order chi connectivity index (χ1) is 7.38. The first kappa shape index (κ1) is 12.6. The summed E-state index contributed by atoms with van der Waals surface area (Å²) in [6.45, 7) is 3.33. The van der Waals surface area contributed by atoms with Crippen LogP contribution in [0.25, 0.3) is 0 Å². The lowest BCUT2D eigenvalue weighted by Gasteiger charge is -2.25. The highest BCUT2D eigenvalue weighted by Gasteiger charge is 2.21. The summed E-state index contributed by atoms with van der Waals surface area (Å²) in [5.74, 6) is 3.66. The monoisotopic (exact) mass is 207 g/mol. The van der Waals surface area contributed by atoms with Crippen LogP contribution in [0.5, 0.6) is 0 Å². The largest absolute Gasteiger partial charge is 0.313 e. The Morgan fingerprint density at radius 1 is 1.27 bits per heavy atom. The van der Waals surface area contributed by atoms with Crippen LogP contribution in [0.4, 0.5) is 0 Å². The minimum absolute atomic E-state index is 0.577. The number of hydrogen-bond acceptors (Lipinski definition) is 1. The number of hydrogen-bond donors (Lipinski definition) is 1. The fraction of sp³-hybridized carbons (Fsp3) is 0.857. The van der Waals surface area contributed by atoms with E-state index >= 15 is 0 Å². The van der Waals surface area contributed by atoms with Crippen molar-refractivity contribution in [1.29, 1.82) is 0 Å². The van der Waals surface area contributed by atoms with Crippen molar-refractivity contribution < 1.29 is 0 Å². The highest BCUT2D eigenvalue weighted by atomic mass is 14.9. The molecule has 1 heteroatoms. The average Bonchev–Trinajstić information content (AvgIpc) is 2.52. The van der Waals surface area contributed by atoms with Crippen molar-refractivity contribution in [3.63, 3.8) is 0 Å². The van der Waals surface area contributed by atoms with Crippen LogP contribution in [0.3, 0.4) is 0 Å². The maximum absolute atomic E-state index is 5.46. The second kappa shape index (κ2) is 7.77. The molecule has 0 aromatic carbocycles. The summed E-state index contributed by atoms with van der Waals surface area (Å²) in [6.07, 6.45) is 16.0. The highest BCUT2D eigenvalue weighted by Crippen LogP contribution is 2.26. The van der Waals surface area contributed by atoms with Gasteiger partial charge in [-0.15, -0.1) is 12.3 Å². The Morgan fingerprint density at radius 3 is 2.47 bits per heavy atom. The van der Waals surface area contributed by atoms with Gasteiger partial charge in [0.1, 0.15) is 0 Å². The lowest BCUT2D eigenvalue weighted by molar-refractivity contribution is 0.323. The maximum Gasteiger partial charge on any atom is 0.0243 e. The van der Waals surface area contributed by atoms with Gasteiger partial charge in [0.05, 0.1) is 0 Å². The van der Waals surface area contributed by atoms with Crippen molar-refractivity contribution in [2.75, 3.05) is 6.54 Å². The number of rotatable bonds is 5. The highest BCUT2D eigenvalue weighted by molar-refractivity contribution is 4.92. The van der Waals surface area contributed by atoms with Crippen LogP contribution in [0.1, 0.15) is 58.3 Å². The average molecular weight is 207 g/mol. The molecule has 1 aliphatic carbocycles. The molecule has 1 saturated carbocycles. The van der Waals surface area contributed by atoms with Crippen molar-refractivity contribution in [3.8, 4) is 12.3 Å². The third kappa shape index (κ3) is 4.71. The van der Waals surface area contributed by atoms with Gasteiger partial charge in [0.2, 0.25) is 0 Å². The first-order valence-electron chi connectivity index (χ1n) is 6.55. The van der Waals surface area contributed by atoms with E-state index in [2.05, 4.69) is 18.2 Å². The maximum atomic E-state index is 5.46. The SMILES string of the molecule is C#CCC(NCCC)C1CCCCCC1. The summed E-state index contributed by atoms with van der Waals surface area (Å²) < 4.78 is 0. The van der Waals surface area contributed by atoms with Gasteiger partial charge in [-0.05, 0) is 31.7 Å². The van der Waals surface area contributed by atoms with E-state index < -0.39 is 0 Å². The molecule has 0 saturated heterocycles. The predicted octanol–water partition coefficient (Wildman–Crippen LogP) is 3.35. The van der Waals surface area contributed by atoms with E-state index in [0.717, 1.165) is 18.9 Å². The molecule has 1 unspecified atom stereocenters. The molecule has 0 radical (unpaired) electrons. The van der Waals surface area contributed by atoms with Crippen molar-refractivity contribution >= 4 is 0 Å². The molecule has 0 amide bonds. The first-order valence-corrected chi connectivity index (χ1v) is 6.55. The van der Waals surface area contributed by atoms with Gasteiger partial charge in [-0.3, -0.25) is 0 Å². The van der Waals surface area contributed by atoms with E-state index in [0.29, 0.717) is 6.04 Å². The lowest BCUT2D eigenvalue weighted by atomic mass is 9.90. The van der Waals surface area contributed by atoms with Crippen LogP contribution >= 0.6 is 0 Å². The van der Waals surface area contributed by atoms with Crippen molar-refractivity contribution in [1.82, 2.24) is 5.32 Å². The third-order valence-corrected chi connectivity index (χ3v) is 3.46. The van der Waals surface area contributed by atoms with Crippen LogP contribution in [-0.4, -0.2) is 12.6 Å². The van der Waals surface area contributed by atoms with E-state index in [4.69, 9.17) is 6.42 Å². The summed E-state index contributed by atoms with van der Waals surface area (Å²) in [5.41, 5.74) is 0. The minimum Gasteiger partial charge on any atom is -0.313 e. The van der Waals surface area contributed by atoms with E-state index in [-0.39, 0.29) is 0 Å². The molecule has 0 aromatic rings. The molecule has 1 fully saturated rings. The molecule has 0 aliphatic heterocycles. The molecule has 1 rings (SSSR count). The Balaban J connectivity index is 2.41. The smallest absolute Gasteiger partial charge is 0.0243 e. The lowest BCUT2D eigenvalue weighted by Crippen LogP contribution is -2.36. The van der Waals surface area contributed by atoms with Crippen LogP contribution in [-0.2, 0) is 0 Å². The number of nitrogens with one attached hydrogen (secondary N) is 1. The molecule has 15 heavy (non-hydrogen) atoms. The topological polar surface area (TPSA) is 12.0 Å². The molecule has 86 valence electrons. The Kier molecular flexibility index (Phi) is 6.52. The Labute approximate surface area is 95.0 Å². The van der Waals surface area contributed by atoms with Crippen LogP contribution < -0.4 is 5.32 Å². The fourth-order valence-electron chi connectivity index (χ4n) is 2.58. The zero-order chi connectivity index (χ0) is 10.9. The van der Waals surface area contributed by atoms with Crippen LogP contribution in [0.2, 0.25) is 0 Å². The normalized spacial score (nSPS) is 20.5. The molecule has 0 spiro atoms. The minimum atomic E-state index is 0.577. The van der Waals surface area contributed by atoms with Crippen molar-refractivity contribution in [2.45, 2.75) is 64.3 Å². The molecular weight excluding hydrogens is 182 g/mol. The Hall–Kier alpha value is -0.480. The molecule has 1 atom stereocenters. The summed E-state index contributed by atoms with van der Waals surface area (Å²) in [6, 6.07) is 0.577. The second-order valence-corrected chi connectivity index (χ2v) is 4.72. The number of terminal acetylenes is 1. The van der Waals surface area contributed by atoms with Crippen molar-refractivity contribution in [2.24, 2.45) is 5.92 Å². The fourth-order valence-corrected chi connectivity index (χ4v) is 2.58. The van der Waals surface area contributed by atoms with Gasteiger partial charge < -0.3 is 5.32 Å². The standard InChI is InChI=1S/C14H25N/c1-3-9-14(15-12-4-2)13-10-7-5-6-8-11-13/h1,13-15H,4-12H2,2H3. The zero-order valence-electron chi connectivity index (χ0n) is 10.1. The van der Waals surface area contributed by atoms with Gasteiger partial charge in [0, 0.05) is 12.5 Å². The Bertz CT molecular complexity index is 184. The van der Waals surface area contributed by atoms with Gasteiger partial charge in [-0.2, -0.15) is 0 Å². The van der Waals surface area contributed by atoms with Gasteiger partial charge in [0.25, 0.3) is 0 Å². The molecule has 1 nitrogen and oxygen atoms in total. The second-order valence-electron chi connectivity index (χ2n) is 4.72. The summed E-state index contributed by atoms with van der Waals surface area (Å²) in [7, 11) is 0.